The molecule has 7 nitrogen and oxygen atoms in total. The lowest BCUT2D eigenvalue weighted by molar-refractivity contribution is 0.0880. The molecule has 2 aliphatic heterocycles. The van der Waals surface area contributed by atoms with Crippen LogP contribution in [0, 0.1) is 12.8 Å². The molecule has 0 unspecified atom stereocenters. The van der Waals surface area contributed by atoms with E-state index >= 15 is 0 Å². The van der Waals surface area contributed by atoms with Crippen LogP contribution in [-0.4, -0.2) is 42.6 Å². The molecule has 8 heteroatoms. The van der Waals surface area contributed by atoms with Crippen molar-refractivity contribution in [2.24, 2.45) is 5.92 Å². The summed E-state index contributed by atoms with van der Waals surface area (Å²) >= 11 is 0. The van der Waals surface area contributed by atoms with Crippen molar-refractivity contribution < 1.29 is 18.0 Å². The average molecular weight is 373 g/mol. The van der Waals surface area contributed by atoms with Crippen LogP contribution in [-0.2, 0) is 10.0 Å². The fourth-order valence-electron chi connectivity index (χ4n) is 3.64. The molecule has 2 amide bonds. The normalized spacial score (nSPS) is 19.0. The van der Waals surface area contributed by atoms with E-state index in [0.717, 1.165) is 12.8 Å². The van der Waals surface area contributed by atoms with Crippen LogP contribution in [0.2, 0.25) is 0 Å². The number of sulfonamides is 1. The molecule has 0 aliphatic carbocycles. The third-order valence-electron chi connectivity index (χ3n) is 5.20. The van der Waals surface area contributed by atoms with Gasteiger partial charge in [0.05, 0.1) is 27.2 Å². The number of carbonyl (C=O) groups excluding carboxylic acids is 2. The van der Waals surface area contributed by atoms with Crippen molar-refractivity contribution in [3.8, 4) is 0 Å². The van der Waals surface area contributed by atoms with Gasteiger partial charge < -0.3 is 0 Å². The van der Waals surface area contributed by atoms with Crippen molar-refractivity contribution in [2.75, 3.05) is 13.1 Å². The molecule has 0 bridgehead atoms. The Morgan fingerprint density at radius 2 is 1.77 bits per heavy atom. The largest absolute Gasteiger partial charge is 0.288 e. The SMILES string of the molecule is Cc1nc2ccc(S(=O)(=O)N3CCC(C)CC3)cc2c2c1C(=O)NC2=O. The lowest BCUT2D eigenvalue weighted by Crippen LogP contribution is -2.37. The van der Waals surface area contributed by atoms with E-state index in [1.165, 1.54) is 16.4 Å². The highest BCUT2D eigenvalue weighted by Crippen LogP contribution is 2.30. The third-order valence-corrected chi connectivity index (χ3v) is 7.09. The minimum Gasteiger partial charge on any atom is -0.288 e. The summed E-state index contributed by atoms with van der Waals surface area (Å²) in [6.45, 7) is 4.76. The van der Waals surface area contributed by atoms with Crippen molar-refractivity contribution in [1.82, 2.24) is 14.6 Å². The van der Waals surface area contributed by atoms with Gasteiger partial charge in [0, 0.05) is 18.5 Å². The number of nitrogens with zero attached hydrogens (tertiary/aromatic N) is 2. The van der Waals surface area contributed by atoms with Gasteiger partial charge in [0.2, 0.25) is 10.0 Å². The van der Waals surface area contributed by atoms with E-state index in [9.17, 15) is 18.0 Å². The summed E-state index contributed by atoms with van der Waals surface area (Å²) < 4.78 is 27.5. The zero-order valence-corrected chi connectivity index (χ0v) is 15.4. The fourth-order valence-corrected chi connectivity index (χ4v) is 5.14. The number of aromatic nitrogens is 1. The monoisotopic (exact) mass is 373 g/mol. The smallest absolute Gasteiger partial charge is 0.260 e. The van der Waals surface area contributed by atoms with Crippen LogP contribution < -0.4 is 5.32 Å². The molecule has 4 rings (SSSR count). The first-order chi connectivity index (χ1) is 12.3. The molecule has 0 spiro atoms. The van der Waals surface area contributed by atoms with E-state index in [-0.39, 0.29) is 16.0 Å². The molecule has 0 saturated carbocycles. The molecule has 1 saturated heterocycles. The molecule has 1 N–H and O–H groups in total. The highest BCUT2D eigenvalue weighted by Gasteiger charge is 2.33. The van der Waals surface area contributed by atoms with Gasteiger partial charge >= 0.3 is 0 Å². The predicted octanol–water partition coefficient (Wildman–Crippen LogP) is 1.85. The van der Waals surface area contributed by atoms with Crippen LogP contribution in [0.3, 0.4) is 0 Å². The van der Waals surface area contributed by atoms with E-state index in [0.29, 0.717) is 35.6 Å². The minimum absolute atomic E-state index is 0.125. The molecule has 2 aromatic rings. The van der Waals surface area contributed by atoms with Gasteiger partial charge in [-0.25, -0.2) is 8.42 Å². The maximum atomic E-state index is 13.0. The van der Waals surface area contributed by atoms with Crippen molar-refractivity contribution in [3.63, 3.8) is 0 Å². The van der Waals surface area contributed by atoms with Crippen molar-refractivity contribution in [3.05, 3.63) is 35.0 Å². The van der Waals surface area contributed by atoms with Crippen LogP contribution >= 0.6 is 0 Å². The number of fused-ring (bicyclic) bond motifs is 3. The van der Waals surface area contributed by atoms with Crippen molar-refractivity contribution >= 4 is 32.7 Å². The first-order valence-electron chi connectivity index (χ1n) is 8.59. The lowest BCUT2D eigenvalue weighted by Gasteiger charge is -2.29. The summed E-state index contributed by atoms with van der Waals surface area (Å²) in [6.07, 6.45) is 1.67. The number of nitrogens with one attached hydrogen (secondary N) is 1. The first kappa shape index (κ1) is 17.1. The number of hydrogen-bond acceptors (Lipinski definition) is 5. The highest BCUT2D eigenvalue weighted by atomic mass is 32.2. The van der Waals surface area contributed by atoms with Crippen LogP contribution in [0.25, 0.3) is 10.9 Å². The van der Waals surface area contributed by atoms with Crippen LogP contribution in [0.1, 0.15) is 46.2 Å². The molecule has 3 heterocycles. The number of amides is 2. The molecule has 0 atom stereocenters. The molecule has 1 fully saturated rings. The van der Waals surface area contributed by atoms with E-state index in [4.69, 9.17) is 0 Å². The van der Waals surface area contributed by atoms with Gasteiger partial charge in [0.1, 0.15) is 0 Å². The molecular weight excluding hydrogens is 354 g/mol. The fraction of sp³-hybridized carbons (Fsp3) is 0.389. The number of rotatable bonds is 2. The molecule has 26 heavy (non-hydrogen) atoms. The number of benzene rings is 1. The van der Waals surface area contributed by atoms with Crippen molar-refractivity contribution in [1.29, 1.82) is 0 Å². The van der Waals surface area contributed by atoms with Gasteiger partial charge in [-0.15, -0.1) is 0 Å². The Kier molecular flexibility index (Phi) is 3.85. The summed E-state index contributed by atoms with van der Waals surface area (Å²) in [6, 6.07) is 4.58. The van der Waals surface area contributed by atoms with Gasteiger partial charge in [-0.2, -0.15) is 4.31 Å². The van der Waals surface area contributed by atoms with Gasteiger partial charge in [0.15, 0.2) is 0 Å². The summed E-state index contributed by atoms with van der Waals surface area (Å²) in [5, 5.41) is 2.65. The van der Waals surface area contributed by atoms with Gasteiger partial charge in [0.25, 0.3) is 11.8 Å². The molecule has 1 aromatic heterocycles. The number of hydrogen-bond donors (Lipinski definition) is 1. The second kappa shape index (κ2) is 5.85. The van der Waals surface area contributed by atoms with E-state index in [2.05, 4.69) is 17.2 Å². The average Bonchev–Trinajstić information content (AvgIpc) is 2.90. The summed E-state index contributed by atoms with van der Waals surface area (Å²) in [5.74, 6) is -0.486. The van der Waals surface area contributed by atoms with Crippen LogP contribution in [0.15, 0.2) is 23.1 Å². The number of imide groups is 1. The Balaban J connectivity index is 1.86. The summed E-state index contributed by atoms with van der Waals surface area (Å²) in [5.41, 5.74) is 1.39. The molecule has 0 radical (unpaired) electrons. The van der Waals surface area contributed by atoms with E-state index in [1.54, 1.807) is 13.0 Å². The Morgan fingerprint density at radius 3 is 2.46 bits per heavy atom. The van der Waals surface area contributed by atoms with E-state index < -0.39 is 21.8 Å². The quantitative estimate of drug-likeness (QED) is 0.811. The van der Waals surface area contributed by atoms with Gasteiger partial charge in [-0.1, -0.05) is 6.92 Å². The predicted molar refractivity (Wildman–Crippen MR) is 95.4 cm³/mol. The third kappa shape index (κ3) is 2.52. The number of pyridine rings is 1. The van der Waals surface area contributed by atoms with Crippen LogP contribution in [0.4, 0.5) is 0 Å². The Labute approximate surface area is 151 Å². The Morgan fingerprint density at radius 1 is 1.12 bits per heavy atom. The van der Waals surface area contributed by atoms with E-state index in [1.807, 2.05) is 0 Å². The molecule has 2 aliphatic rings. The van der Waals surface area contributed by atoms with Gasteiger partial charge in [-0.3, -0.25) is 19.9 Å². The molecular formula is C18H19N3O4S. The maximum absolute atomic E-state index is 13.0. The maximum Gasteiger partial charge on any atom is 0.260 e. The lowest BCUT2D eigenvalue weighted by atomic mass is 10.0. The molecule has 136 valence electrons. The number of piperidine rings is 1. The minimum atomic E-state index is -3.65. The topological polar surface area (TPSA) is 96.4 Å². The van der Waals surface area contributed by atoms with Gasteiger partial charge in [-0.05, 0) is 43.9 Å². The zero-order valence-electron chi connectivity index (χ0n) is 14.6. The first-order valence-corrected chi connectivity index (χ1v) is 10.0. The standard InChI is InChI=1S/C18H19N3O4S/c1-10-5-7-21(8-6-10)26(24,25)12-3-4-14-13(9-12)16-15(11(2)19-14)17(22)20-18(16)23/h3-4,9-10H,5-8H2,1-2H3,(H,20,22,23). The second-order valence-corrected chi connectivity index (χ2v) is 8.93. The Bertz CT molecular complexity index is 1050. The number of carbonyl (C=O) groups is 2. The summed E-state index contributed by atoms with van der Waals surface area (Å²) in [4.78, 5) is 28.7. The summed E-state index contributed by atoms with van der Waals surface area (Å²) in [7, 11) is -3.65. The Hall–Kier alpha value is -2.32. The second-order valence-electron chi connectivity index (χ2n) is 7.00. The van der Waals surface area contributed by atoms with Crippen LogP contribution in [0.5, 0.6) is 0 Å². The van der Waals surface area contributed by atoms with Crippen molar-refractivity contribution in [2.45, 2.75) is 31.6 Å². The number of aryl methyl sites for hydroxylation is 1. The highest BCUT2D eigenvalue weighted by molar-refractivity contribution is 7.89. The molecule has 1 aromatic carbocycles. The zero-order chi connectivity index (χ0) is 18.6.